The summed E-state index contributed by atoms with van der Waals surface area (Å²) in [5, 5.41) is 0. The van der Waals surface area contributed by atoms with Crippen LogP contribution in [0.4, 0.5) is 0 Å². The van der Waals surface area contributed by atoms with E-state index in [2.05, 4.69) is 0 Å². The van der Waals surface area contributed by atoms with Gasteiger partial charge in [0.1, 0.15) is 5.56 Å². The second kappa shape index (κ2) is 6.32. The molecule has 0 saturated heterocycles. The number of rotatable bonds is 5. The van der Waals surface area contributed by atoms with Crippen molar-refractivity contribution in [2.45, 2.75) is 26.3 Å². The first kappa shape index (κ1) is 14.4. The maximum absolute atomic E-state index is 12.2. The van der Waals surface area contributed by atoms with E-state index in [0.717, 1.165) is 5.69 Å². The molecule has 0 bridgehead atoms. The van der Waals surface area contributed by atoms with Gasteiger partial charge >= 0.3 is 0 Å². The lowest BCUT2D eigenvalue weighted by Gasteiger charge is -2.16. The van der Waals surface area contributed by atoms with Crippen LogP contribution in [-0.2, 0) is 11.3 Å². The van der Waals surface area contributed by atoms with E-state index in [1.807, 2.05) is 19.3 Å². The minimum atomic E-state index is -0.582. The predicted octanol–water partition coefficient (Wildman–Crippen LogP) is 0.222. The lowest BCUT2D eigenvalue weighted by Crippen LogP contribution is -2.37. The summed E-state index contributed by atoms with van der Waals surface area (Å²) in [4.78, 5) is 23.7. The van der Waals surface area contributed by atoms with E-state index in [9.17, 15) is 9.59 Å². The topological polar surface area (TPSA) is 86.3 Å². The van der Waals surface area contributed by atoms with Gasteiger partial charge < -0.3 is 9.30 Å². The number of carbonyl (C=O) groups excluding carboxylic acids is 1. The molecule has 0 spiro atoms. The van der Waals surface area contributed by atoms with Crippen molar-refractivity contribution >= 4 is 5.91 Å². The van der Waals surface area contributed by atoms with Crippen molar-refractivity contribution in [3.63, 3.8) is 0 Å². The molecule has 0 atom stereocenters. The monoisotopic (exact) mass is 253 g/mol. The third-order valence-electron chi connectivity index (χ3n) is 2.69. The average molecular weight is 253 g/mol. The van der Waals surface area contributed by atoms with Gasteiger partial charge in [0.25, 0.3) is 11.5 Å². The largest absolute Gasteiger partial charge is 0.383 e. The Hall–Kier alpha value is -1.66. The molecule has 6 nitrogen and oxygen atoms in total. The van der Waals surface area contributed by atoms with Crippen molar-refractivity contribution in [3.05, 3.63) is 33.7 Å². The van der Waals surface area contributed by atoms with Crippen molar-refractivity contribution in [1.29, 1.82) is 0 Å². The molecular weight excluding hydrogens is 234 g/mol. The van der Waals surface area contributed by atoms with E-state index in [1.54, 1.807) is 17.7 Å². The standard InChI is InChI=1S/C12H19N3O3/c1-8(2)10-5-4-9(11(16)14-13)12(17)15(10)6-7-18-3/h4-5,8H,6-7,13H2,1-3H3,(H,14,16). The van der Waals surface area contributed by atoms with Gasteiger partial charge in [-0.25, -0.2) is 5.84 Å². The smallest absolute Gasteiger partial charge is 0.270 e. The van der Waals surface area contributed by atoms with Gasteiger partial charge in [-0.15, -0.1) is 0 Å². The van der Waals surface area contributed by atoms with Crippen LogP contribution in [0.2, 0.25) is 0 Å². The Morgan fingerprint density at radius 1 is 1.50 bits per heavy atom. The molecular formula is C12H19N3O3. The van der Waals surface area contributed by atoms with Gasteiger partial charge in [-0.3, -0.25) is 15.0 Å². The average Bonchev–Trinajstić information content (AvgIpc) is 2.35. The molecule has 18 heavy (non-hydrogen) atoms. The van der Waals surface area contributed by atoms with Crippen LogP contribution in [0.5, 0.6) is 0 Å². The molecule has 0 fully saturated rings. The molecule has 0 aromatic carbocycles. The summed E-state index contributed by atoms with van der Waals surface area (Å²) in [5.74, 6) is 4.65. The molecule has 1 heterocycles. The summed E-state index contributed by atoms with van der Waals surface area (Å²) < 4.78 is 6.53. The Balaban J connectivity index is 3.30. The molecule has 1 aromatic heterocycles. The molecule has 0 unspecified atom stereocenters. The van der Waals surface area contributed by atoms with E-state index < -0.39 is 5.91 Å². The number of carbonyl (C=O) groups is 1. The molecule has 0 aliphatic carbocycles. The number of methoxy groups -OCH3 is 1. The van der Waals surface area contributed by atoms with E-state index in [1.165, 1.54) is 6.07 Å². The van der Waals surface area contributed by atoms with Crippen LogP contribution in [0.15, 0.2) is 16.9 Å². The Morgan fingerprint density at radius 2 is 2.17 bits per heavy atom. The lowest BCUT2D eigenvalue weighted by atomic mass is 10.1. The fourth-order valence-corrected chi connectivity index (χ4v) is 1.76. The van der Waals surface area contributed by atoms with Gasteiger partial charge in [0.05, 0.1) is 6.61 Å². The first-order chi connectivity index (χ1) is 8.52. The normalized spacial score (nSPS) is 10.7. The summed E-state index contributed by atoms with van der Waals surface area (Å²) in [6.07, 6.45) is 0. The van der Waals surface area contributed by atoms with Crippen molar-refractivity contribution in [2.75, 3.05) is 13.7 Å². The number of amides is 1. The van der Waals surface area contributed by atoms with Crippen LogP contribution in [-0.4, -0.2) is 24.2 Å². The van der Waals surface area contributed by atoms with E-state index >= 15 is 0 Å². The minimum Gasteiger partial charge on any atom is -0.383 e. The van der Waals surface area contributed by atoms with E-state index in [4.69, 9.17) is 10.6 Å². The van der Waals surface area contributed by atoms with Crippen LogP contribution in [0, 0.1) is 0 Å². The number of nitrogens with zero attached hydrogens (tertiary/aromatic N) is 1. The highest BCUT2D eigenvalue weighted by Crippen LogP contribution is 2.13. The zero-order chi connectivity index (χ0) is 13.7. The third kappa shape index (κ3) is 2.96. The SMILES string of the molecule is COCCn1c(C(C)C)ccc(C(=O)NN)c1=O. The first-order valence-corrected chi connectivity index (χ1v) is 5.76. The molecule has 1 aromatic rings. The molecule has 1 rings (SSSR count). The molecule has 0 aliphatic heterocycles. The van der Waals surface area contributed by atoms with Crippen molar-refractivity contribution < 1.29 is 9.53 Å². The molecule has 3 N–H and O–H groups in total. The van der Waals surface area contributed by atoms with Crippen LogP contribution in [0.1, 0.15) is 35.8 Å². The molecule has 0 saturated carbocycles. The van der Waals surface area contributed by atoms with Gasteiger partial charge in [-0.1, -0.05) is 13.8 Å². The quantitative estimate of drug-likeness (QED) is 0.446. The first-order valence-electron chi connectivity index (χ1n) is 5.76. The minimum absolute atomic E-state index is 0.0398. The van der Waals surface area contributed by atoms with E-state index in [-0.39, 0.29) is 17.0 Å². The number of hydrazine groups is 1. The second-order valence-electron chi connectivity index (χ2n) is 4.25. The molecule has 100 valence electrons. The number of aromatic nitrogens is 1. The number of hydrogen-bond donors (Lipinski definition) is 2. The van der Waals surface area contributed by atoms with Gasteiger partial charge in [-0.05, 0) is 18.1 Å². The summed E-state index contributed by atoms with van der Waals surface area (Å²) in [6.45, 7) is 4.80. The van der Waals surface area contributed by atoms with Crippen LogP contribution in [0.25, 0.3) is 0 Å². The summed E-state index contributed by atoms with van der Waals surface area (Å²) in [5.41, 5.74) is 2.53. The molecule has 0 radical (unpaired) electrons. The van der Waals surface area contributed by atoms with Gasteiger partial charge in [-0.2, -0.15) is 0 Å². The number of ether oxygens (including phenoxy) is 1. The number of nitrogens with two attached hydrogens (primary N) is 1. The summed E-state index contributed by atoms with van der Waals surface area (Å²) in [6, 6.07) is 3.27. The van der Waals surface area contributed by atoms with Crippen LogP contribution in [0.3, 0.4) is 0 Å². The zero-order valence-electron chi connectivity index (χ0n) is 10.9. The maximum Gasteiger partial charge on any atom is 0.270 e. The second-order valence-corrected chi connectivity index (χ2v) is 4.25. The number of nitrogens with one attached hydrogen (secondary N) is 1. The van der Waals surface area contributed by atoms with Crippen molar-refractivity contribution in [3.8, 4) is 0 Å². The fraction of sp³-hybridized carbons (Fsp3) is 0.500. The predicted molar refractivity (Wildman–Crippen MR) is 68.3 cm³/mol. The number of hydrogen-bond acceptors (Lipinski definition) is 4. The summed E-state index contributed by atoms with van der Waals surface area (Å²) in [7, 11) is 1.57. The third-order valence-corrected chi connectivity index (χ3v) is 2.69. The lowest BCUT2D eigenvalue weighted by molar-refractivity contribution is 0.0951. The zero-order valence-corrected chi connectivity index (χ0v) is 10.9. The Kier molecular flexibility index (Phi) is 5.06. The summed E-state index contributed by atoms with van der Waals surface area (Å²) >= 11 is 0. The van der Waals surface area contributed by atoms with Crippen molar-refractivity contribution in [2.24, 2.45) is 5.84 Å². The van der Waals surface area contributed by atoms with Gasteiger partial charge in [0.15, 0.2) is 0 Å². The maximum atomic E-state index is 12.2. The highest BCUT2D eigenvalue weighted by molar-refractivity contribution is 5.93. The highest BCUT2D eigenvalue weighted by Gasteiger charge is 2.15. The van der Waals surface area contributed by atoms with Crippen LogP contribution >= 0.6 is 0 Å². The van der Waals surface area contributed by atoms with Crippen LogP contribution < -0.4 is 16.8 Å². The molecule has 6 heteroatoms. The Bertz CT molecular complexity index is 480. The Morgan fingerprint density at radius 3 is 2.67 bits per heavy atom. The highest BCUT2D eigenvalue weighted by atomic mass is 16.5. The fourth-order valence-electron chi connectivity index (χ4n) is 1.76. The Labute approximate surface area is 106 Å². The molecule has 0 aliphatic rings. The number of pyridine rings is 1. The van der Waals surface area contributed by atoms with Crippen molar-refractivity contribution in [1.82, 2.24) is 9.99 Å². The molecule has 1 amide bonds. The van der Waals surface area contributed by atoms with Gasteiger partial charge in [0.2, 0.25) is 0 Å². The number of nitrogen functional groups attached to an aromatic ring is 1. The van der Waals surface area contributed by atoms with Gasteiger partial charge in [0, 0.05) is 19.3 Å². The van der Waals surface area contributed by atoms with E-state index in [0.29, 0.717) is 13.2 Å².